The van der Waals surface area contributed by atoms with Crippen LogP contribution in [0.1, 0.15) is 16.2 Å². The molecule has 1 aromatic heterocycles. The first-order chi connectivity index (χ1) is 7.70. The average Bonchev–Trinajstić information content (AvgIpc) is 2.64. The Balaban J connectivity index is 2.34. The zero-order chi connectivity index (χ0) is 11.5. The molecule has 0 saturated heterocycles. The summed E-state index contributed by atoms with van der Waals surface area (Å²) in [4.78, 5) is 15.9. The number of aromatic nitrogens is 2. The fourth-order valence-corrected chi connectivity index (χ4v) is 3.14. The molecule has 1 aromatic carbocycles. The third-order valence-electron chi connectivity index (χ3n) is 1.84. The van der Waals surface area contributed by atoms with Gasteiger partial charge in [0, 0.05) is 10.5 Å². The molecule has 6 heteroatoms. The molecule has 0 aliphatic carbocycles. The Morgan fingerprint density at radius 2 is 2.31 bits per heavy atom. The maximum Gasteiger partial charge on any atom is 0.174 e. The van der Waals surface area contributed by atoms with Gasteiger partial charge in [-0.1, -0.05) is 29.4 Å². The van der Waals surface area contributed by atoms with E-state index in [0.717, 1.165) is 21.3 Å². The number of nitrogens with zero attached hydrogens (tertiary/aromatic N) is 2. The predicted octanol–water partition coefficient (Wildman–Crippen LogP) is 3.46. The smallest absolute Gasteiger partial charge is 0.174 e. The second-order valence-electron chi connectivity index (χ2n) is 2.98. The Bertz CT molecular complexity index is 527. The van der Waals surface area contributed by atoms with Gasteiger partial charge in [-0.25, -0.2) is 4.98 Å². The molecule has 0 N–H and O–H groups in total. The Hall–Kier alpha value is -0.910. The van der Waals surface area contributed by atoms with Crippen LogP contribution >= 0.6 is 34.9 Å². The maximum atomic E-state index is 10.9. The third kappa shape index (κ3) is 2.42. The van der Waals surface area contributed by atoms with Crippen molar-refractivity contribution in [3.05, 3.63) is 34.6 Å². The van der Waals surface area contributed by atoms with Gasteiger partial charge in [0.15, 0.2) is 10.6 Å². The average molecular weight is 271 g/mol. The van der Waals surface area contributed by atoms with Crippen molar-refractivity contribution in [3.8, 4) is 0 Å². The summed E-state index contributed by atoms with van der Waals surface area (Å²) in [6.45, 7) is 1.83. The van der Waals surface area contributed by atoms with Crippen LogP contribution in [0.15, 0.2) is 27.4 Å². The van der Waals surface area contributed by atoms with Crippen LogP contribution in [0.4, 0.5) is 0 Å². The lowest BCUT2D eigenvalue weighted by Crippen LogP contribution is -1.86. The summed E-state index contributed by atoms with van der Waals surface area (Å²) in [6, 6.07) is 5.35. The first kappa shape index (κ1) is 11.6. The van der Waals surface area contributed by atoms with Crippen LogP contribution in [0.3, 0.4) is 0 Å². The lowest BCUT2D eigenvalue weighted by atomic mass is 10.2. The molecular weight excluding hydrogens is 264 g/mol. The molecule has 82 valence electrons. The molecule has 0 radical (unpaired) electrons. The largest absolute Gasteiger partial charge is 0.298 e. The fourth-order valence-electron chi connectivity index (χ4n) is 1.13. The molecule has 0 spiro atoms. The van der Waals surface area contributed by atoms with E-state index in [-0.39, 0.29) is 0 Å². The van der Waals surface area contributed by atoms with Gasteiger partial charge in [-0.15, -0.1) is 0 Å². The molecule has 2 aromatic rings. The van der Waals surface area contributed by atoms with Crippen LogP contribution in [-0.2, 0) is 0 Å². The quantitative estimate of drug-likeness (QED) is 0.801. The summed E-state index contributed by atoms with van der Waals surface area (Å²) >= 11 is 8.64. The van der Waals surface area contributed by atoms with E-state index in [9.17, 15) is 4.79 Å². The fraction of sp³-hybridized carbons (Fsp3) is 0.100. The summed E-state index contributed by atoms with van der Waals surface area (Å²) in [7, 11) is 0. The van der Waals surface area contributed by atoms with Crippen molar-refractivity contribution in [2.75, 3.05) is 0 Å². The van der Waals surface area contributed by atoms with Crippen LogP contribution in [0.5, 0.6) is 0 Å². The van der Waals surface area contributed by atoms with Crippen molar-refractivity contribution in [1.82, 2.24) is 9.36 Å². The zero-order valence-electron chi connectivity index (χ0n) is 8.31. The van der Waals surface area contributed by atoms with Crippen molar-refractivity contribution in [2.45, 2.75) is 16.2 Å². The molecule has 16 heavy (non-hydrogen) atoms. The zero-order valence-corrected chi connectivity index (χ0v) is 10.7. The highest BCUT2D eigenvalue weighted by atomic mass is 35.5. The standard InChI is InChI=1S/C10H7ClN2OS2/c1-6-12-10(16-13-6)15-9-4-2-3-8(11)7(9)5-14/h2-5H,1H3. The van der Waals surface area contributed by atoms with Crippen molar-refractivity contribution in [2.24, 2.45) is 0 Å². The van der Waals surface area contributed by atoms with Crippen molar-refractivity contribution in [1.29, 1.82) is 0 Å². The normalized spacial score (nSPS) is 10.4. The molecule has 0 saturated carbocycles. The molecule has 0 unspecified atom stereocenters. The van der Waals surface area contributed by atoms with Gasteiger partial charge in [0.25, 0.3) is 0 Å². The minimum Gasteiger partial charge on any atom is -0.298 e. The van der Waals surface area contributed by atoms with Crippen molar-refractivity contribution in [3.63, 3.8) is 0 Å². The molecule has 0 atom stereocenters. The van der Waals surface area contributed by atoms with Gasteiger partial charge in [0.2, 0.25) is 0 Å². The topological polar surface area (TPSA) is 42.9 Å². The number of carbonyl (C=O) groups is 1. The second-order valence-corrected chi connectivity index (χ2v) is 5.43. The number of benzene rings is 1. The van der Waals surface area contributed by atoms with Gasteiger partial charge < -0.3 is 0 Å². The van der Waals surface area contributed by atoms with Gasteiger partial charge in [-0.05, 0) is 30.6 Å². The Morgan fingerprint density at radius 1 is 1.50 bits per heavy atom. The second kappa shape index (κ2) is 4.95. The maximum absolute atomic E-state index is 10.9. The predicted molar refractivity (Wildman–Crippen MR) is 65.6 cm³/mol. The number of hydrogen-bond acceptors (Lipinski definition) is 5. The molecule has 0 aliphatic rings. The third-order valence-corrected chi connectivity index (χ3v) is 4.08. The summed E-state index contributed by atoms with van der Waals surface area (Å²) in [6.07, 6.45) is 0.762. The molecule has 0 fully saturated rings. The van der Waals surface area contributed by atoms with Crippen molar-refractivity contribution < 1.29 is 4.79 Å². The highest BCUT2D eigenvalue weighted by molar-refractivity contribution is 8.01. The summed E-state index contributed by atoms with van der Waals surface area (Å²) in [5.74, 6) is 0.738. The van der Waals surface area contributed by atoms with E-state index in [4.69, 9.17) is 11.6 Å². The van der Waals surface area contributed by atoms with Gasteiger partial charge in [0.1, 0.15) is 5.82 Å². The molecule has 0 bridgehead atoms. The number of halogens is 1. The van der Waals surface area contributed by atoms with Gasteiger partial charge in [-0.2, -0.15) is 4.37 Å². The number of carbonyl (C=O) groups excluding carboxylic acids is 1. The Labute approximate surface area is 106 Å². The lowest BCUT2D eigenvalue weighted by molar-refractivity contribution is 0.112. The van der Waals surface area contributed by atoms with Crippen molar-refractivity contribution >= 4 is 41.2 Å². The Morgan fingerprint density at radius 3 is 2.94 bits per heavy atom. The summed E-state index contributed by atoms with van der Waals surface area (Å²) in [5, 5.41) is 0.459. The number of aldehydes is 1. The van der Waals surface area contributed by atoms with E-state index >= 15 is 0 Å². The van der Waals surface area contributed by atoms with E-state index in [2.05, 4.69) is 9.36 Å². The molecule has 1 heterocycles. The molecule has 3 nitrogen and oxygen atoms in total. The van der Waals surface area contributed by atoms with Crippen LogP contribution < -0.4 is 0 Å². The minimum atomic E-state index is 0.459. The molecular formula is C10H7ClN2OS2. The van der Waals surface area contributed by atoms with Gasteiger partial charge in [0.05, 0.1) is 5.02 Å². The number of hydrogen-bond donors (Lipinski definition) is 0. The first-order valence-corrected chi connectivity index (χ1v) is 6.39. The lowest BCUT2D eigenvalue weighted by Gasteiger charge is -2.02. The minimum absolute atomic E-state index is 0.459. The van der Waals surface area contributed by atoms with Gasteiger partial charge in [-0.3, -0.25) is 4.79 Å². The van der Waals surface area contributed by atoms with Crippen LogP contribution in [0, 0.1) is 6.92 Å². The van der Waals surface area contributed by atoms with Crippen LogP contribution in [-0.4, -0.2) is 15.6 Å². The summed E-state index contributed by atoms with van der Waals surface area (Å²) < 4.78 is 4.89. The van der Waals surface area contributed by atoms with E-state index in [0.29, 0.717) is 10.6 Å². The van der Waals surface area contributed by atoms with E-state index in [1.165, 1.54) is 23.3 Å². The highest BCUT2D eigenvalue weighted by Crippen LogP contribution is 2.33. The van der Waals surface area contributed by atoms with E-state index < -0.39 is 0 Å². The van der Waals surface area contributed by atoms with E-state index in [1.54, 1.807) is 6.07 Å². The van der Waals surface area contributed by atoms with Crippen LogP contribution in [0.25, 0.3) is 0 Å². The monoisotopic (exact) mass is 270 g/mol. The first-order valence-electron chi connectivity index (χ1n) is 4.42. The molecule has 0 aliphatic heterocycles. The van der Waals surface area contributed by atoms with E-state index in [1.807, 2.05) is 19.1 Å². The highest BCUT2D eigenvalue weighted by Gasteiger charge is 2.09. The molecule has 0 amide bonds. The van der Waals surface area contributed by atoms with Gasteiger partial charge >= 0.3 is 0 Å². The summed E-state index contributed by atoms with van der Waals surface area (Å²) in [5.41, 5.74) is 0.502. The number of rotatable bonds is 3. The SMILES string of the molecule is Cc1nsc(Sc2cccc(Cl)c2C=O)n1. The Kier molecular flexibility index (Phi) is 3.58. The molecule has 2 rings (SSSR count). The number of aryl methyl sites for hydroxylation is 1. The van der Waals surface area contributed by atoms with Crippen LogP contribution in [0.2, 0.25) is 5.02 Å².